The van der Waals surface area contributed by atoms with Crippen molar-refractivity contribution < 1.29 is 32.9 Å². The van der Waals surface area contributed by atoms with E-state index in [1.54, 1.807) is 18.0 Å². The van der Waals surface area contributed by atoms with Gasteiger partial charge in [0, 0.05) is 31.3 Å². The molecule has 2 aliphatic heterocycles. The lowest BCUT2D eigenvalue weighted by Crippen LogP contribution is -2.78. The number of aromatic hydroxyl groups is 1. The Morgan fingerprint density at radius 2 is 1.90 bits per heavy atom. The van der Waals surface area contributed by atoms with Crippen LogP contribution in [0.5, 0.6) is 11.5 Å². The summed E-state index contributed by atoms with van der Waals surface area (Å²) in [5, 5.41) is 23.4. The Morgan fingerprint density at radius 3 is 2.60 bits per heavy atom. The number of phenolic OH excluding ortho intramolecular Hbond substituents is 1. The molecule has 3 fully saturated rings. The van der Waals surface area contributed by atoms with Crippen molar-refractivity contribution in [3.05, 3.63) is 64.7 Å². The summed E-state index contributed by atoms with van der Waals surface area (Å²) >= 11 is 0. The third-order valence-corrected chi connectivity index (χ3v) is 10.2. The predicted octanol–water partition coefficient (Wildman–Crippen LogP) is 4.52. The third-order valence-electron chi connectivity index (χ3n) is 10.2. The Balaban J connectivity index is 1.19. The molecule has 2 aromatic carbocycles. The second-order valence-corrected chi connectivity index (χ2v) is 12.3. The molecule has 1 spiro atoms. The van der Waals surface area contributed by atoms with Crippen molar-refractivity contribution in [2.24, 2.45) is 5.92 Å². The molecule has 2 heterocycles. The molecule has 5 aliphatic rings. The van der Waals surface area contributed by atoms with Crippen LogP contribution < -0.4 is 4.74 Å². The van der Waals surface area contributed by atoms with E-state index in [0.717, 1.165) is 36.3 Å². The molecule has 2 bridgehead atoms. The number of piperidine rings is 1. The molecule has 2 saturated carbocycles. The average molecular weight is 555 g/mol. The van der Waals surface area contributed by atoms with Crippen molar-refractivity contribution in [3.63, 3.8) is 0 Å². The van der Waals surface area contributed by atoms with Crippen molar-refractivity contribution in [1.82, 2.24) is 9.80 Å². The van der Waals surface area contributed by atoms with Crippen molar-refractivity contribution in [2.75, 3.05) is 20.1 Å². The molecule has 0 aromatic heterocycles. The van der Waals surface area contributed by atoms with Crippen LogP contribution in [0.25, 0.3) is 6.08 Å². The third kappa shape index (κ3) is 3.66. The first-order valence-corrected chi connectivity index (χ1v) is 14.1. The van der Waals surface area contributed by atoms with E-state index in [9.17, 15) is 28.2 Å². The number of phenols is 1. The van der Waals surface area contributed by atoms with E-state index < -0.39 is 28.9 Å². The number of likely N-dealkylation sites (N-methyl/N-ethyl adjacent to an activating group) is 1. The zero-order chi connectivity index (χ0) is 28.0. The normalized spacial score (nSPS) is 32.6. The van der Waals surface area contributed by atoms with Crippen LogP contribution in [-0.2, 0) is 22.8 Å². The van der Waals surface area contributed by atoms with Gasteiger partial charge in [-0.15, -0.1) is 0 Å². The maximum absolute atomic E-state index is 13.3. The molecular weight excluding hydrogens is 521 g/mol. The number of ether oxygens (including phenoxy) is 1. The van der Waals surface area contributed by atoms with Gasteiger partial charge in [0.05, 0.1) is 22.6 Å². The Morgan fingerprint density at radius 1 is 1.15 bits per heavy atom. The molecule has 40 heavy (non-hydrogen) atoms. The second kappa shape index (κ2) is 8.73. The highest BCUT2D eigenvalue weighted by molar-refractivity contribution is 5.92. The molecule has 212 valence electrons. The fourth-order valence-electron chi connectivity index (χ4n) is 8.08. The monoisotopic (exact) mass is 554 g/mol. The fourth-order valence-corrected chi connectivity index (χ4v) is 8.08. The lowest BCUT2D eigenvalue weighted by atomic mass is 9.48. The quantitative estimate of drug-likeness (QED) is 0.532. The van der Waals surface area contributed by atoms with Crippen LogP contribution in [0, 0.1) is 5.92 Å². The first kappa shape index (κ1) is 25.9. The van der Waals surface area contributed by atoms with Crippen LogP contribution in [-0.4, -0.2) is 69.8 Å². The molecular formula is C31H33F3N2O4. The van der Waals surface area contributed by atoms with Gasteiger partial charge in [0.2, 0.25) is 5.91 Å². The highest BCUT2D eigenvalue weighted by atomic mass is 19.4. The molecule has 1 amide bonds. The van der Waals surface area contributed by atoms with Gasteiger partial charge in [0.15, 0.2) is 11.5 Å². The molecule has 1 saturated heterocycles. The Hall–Kier alpha value is -3.04. The maximum Gasteiger partial charge on any atom is 0.416 e. The molecule has 6 nitrogen and oxygen atoms in total. The lowest BCUT2D eigenvalue weighted by Gasteiger charge is -2.64. The molecule has 7 rings (SSSR count). The van der Waals surface area contributed by atoms with E-state index in [0.29, 0.717) is 42.9 Å². The van der Waals surface area contributed by atoms with E-state index in [2.05, 4.69) is 4.90 Å². The standard InChI is InChI=1S/C31H33F3N2O4/c1-35(25(38)11-6-18-4-8-21(9-5-18)31(32,33)34)22-12-13-30(39)24-16-20-7-10-23(37)27-26(20)29(30,28(22)40-27)14-15-36(24)17-19-2-3-19/h4-11,19,22,24,28,37,39H,2-3,12-17H2,1H3/b11-6+/t22?,24-,28?,29+,30-/m1/s1. The first-order chi connectivity index (χ1) is 19.0. The van der Waals surface area contributed by atoms with Gasteiger partial charge in [-0.3, -0.25) is 9.69 Å². The number of benzene rings is 2. The smallest absolute Gasteiger partial charge is 0.416 e. The number of likely N-dealkylation sites (tertiary alicyclic amines) is 1. The summed E-state index contributed by atoms with van der Waals surface area (Å²) in [4.78, 5) is 17.4. The summed E-state index contributed by atoms with van der Waals surface area (Å²) in [6, 6.07) is 7.91. The molecule has 2 aromatic rings. The molecule has 5 atom stereocenters. The minimum absolute atomic E-state index is 0.0440. The van der Waals surface area contributed by atoms with Gasteiger partial charge in [-0.2, -0.15) is 13.2 Å². The van der Waals surface area contributed by atoms with E-state index in [1.807, 2.05) is 6.07 Å². The number of alkyl halides is 3. The SMILES string of the molecule is CN(C(=O)/C=C/c1ccc(C(F)(F)F)cc1)C1CC[C@@]2(O)[C@H]3Cc4ccc(O)c5c4[C@@]2(CCN3CC2CC2)C1O5. The minimum Gasteiger partial charge on any atom is -0.504 e. The molecule has 0 radical (unpaired) electrons. The topological polar surface area (TPSA) is 73.2 Å². The number of aliphatic hydroxyl groups is 1. The summed E-state index contributed by atoms with van der Waals surface area (Å²) in [5.41, 5.74) is -0.00276. The lowest BCUT2D eigenvalue weighted by molar-refractivity contribution is -0.200. The summed E-state index contributed by atoms with van der Waals surface area (Å²) < 4.78 is 45.2. The molecule has 3 aliphatic carbocycles. The van der Waals surface area contributed by atoms with Gasteiger partial charge >= 0.3 is 6.18 Å². The van der Waals surface area contributed by atoms with E-state index in [-0.39, 0.29) is 23.7 Å². The summed E-state index contributed by atoms with van der Waals surface area (Å²) in [6.07, 6.45) is 2.86. The van der Waals surface area contributed by atoms with Crippen LogP contribution >= 0.6 is 0 Å². The highest BCUT2D eigenvalue weighted by Crippen LogP contribution is 2.66. The predicted molar refractivity (Wildman–Crippen MR) is 142 cm³/mol. The number of rotatable bonds is 5. The van der Waals surface area contributed by atoms with Gasteiger partial charge in [-0.25, -0.2) is 0 Å². The first-order valence-electron chi connectivity index (χ1n) is 14.1. The largest absolute Gasteiger partial charge is 0.504 e. The number of carbonyl (C=O) groups is 1. The number of hydrogen-bond donors (Lipinski definition) is 2. The van der Waals surface area contributed by atoms with E-state index >= 15 is 0 Å². The zero-order valence-corrected chi connectivity index (χ0v) is 22.3. The van der Waals surface area contributed by atoms with E-state index in [4.69, 9.17) is 4.74 Å². The fraction of sp³-hybridized carbons (Fsp3) is 0.516. The maximum atomic E-state index is 13.3. The molecule has 9 heteroatoms. The average Bonchev–Trinajstić information content (AvgIpc) is 3.67. The van der Waals surface area contributed by atoms with Gasteiger partial charge in [0.25, 0.3) is 0 Å². The summed E-state index contributed by atoms with van der Waals surface area (Å²) in [6.45, 7) is 1.82. The van der Waals surface area contributed by atoms with Gasteiger partial charge in [-0.05, 0) is 86.4 Å². The van der Waals surface area contributed by atoms with Crippen LogP contribution in [0.2, 0.25) is 0 Å². The number of carbonyl (C=O) groups excluding carboxylic acids is 1. The number of hydrogen-bond acceptors (Lipinski definition) is 5. The van der Waals surface area contributed by atoms with Crippen molar-refractivity contribution >= 4 is 12.0 Å². The Labute approximate surface area is 231 Å². The van der Waals surface area contributed by atoms with Crippen LogP contribution in [0.4, 0.5) is 13.2 Å². The zero-order valence-electron chi connectivity index (χ0n) is 22.3. The summed E-state index contributed by atoms with van der Waals surface area (Å²) in [7, 11) is 1.71. The molecule has 2 N–H and O–H groups in total. The molecule has 2 unspecified atom stereocenters. The van der Waals surface area contributed by atoms with Crippen molar-refractivity contribution in [2.45, 2.75) is 73.9 Å². The van der Waals surface area contributed by atoms with Crippen LogP contribution in [0.3, 0.4) is 0 Å². The number of nitrogens with zero attached hydrogens (tertiary/aromatic N) is 2. The van der Waals surface area contributed by atoms with Gasteiger partial charge < -0.3 is 19.8 Å². The number of halogens is 3. The van der Waals surface area contributed by atoms with Crippen LogP contribution in [0.15, 0.2) is 42.5 Å². The Bertz CT molecular complexity index is 1390. The summed E-state index contributed by atoms with van der Waals surface area (Å²) in [5.74, 6) is 0.887. The minimum atomic E-state index is -4.42. The van der Waals surface area contributed by atoms with E-state index in [1.165, 1.54) is 37.1 Å². The van der Waals surface area contributed by atoms with Crippen LogP contribution in [0.1, 0.15) is 54.4 Å². The van der Waals surface area contributed by atoms with Crippen molar-refractivity contribution in [3.8, 4) is 11.5 Å². The second-order valence-electron chi connectivity index (χ2n) is 12.3. The van der Waals surface area contributed by atoms with Gasteiger partial charge in [-0.1, -0.05) is 18.2 Å². The van der Waals surface area contributed by atoms with Crippen molar-refractivity contribution in [1.29, 1.82) is 0 Å². The number of amides is 1. The Kier molecular flexibility index (Phi) is 5.65. The van der Waals surface area contributed by atoms with Gasteiger partial charge in [0.1, 0.15) is 6.10 Å². The highest BCUT2D eigenvalue weighted by Gasteiger charge is 2.73.